The van der Waals surface area contributed by atoms with E-state index in [1.807, 2.05) is 0 Å². The lowest BCUT2D eigenvalue weighted by molar-refractivity contribution is -0.121. The smallest absolute Gasteiger partial charge is 0.236 e. The van der Waals surface area contributed by atoms with Gasteiger partial charge in [-0.3, -0.25) is 4.79 Å². The van der Waals surface area contributed by atoms with Gasteiger partial charge in [-0.1, -0.05) is 0 Å². The van der Waals surface area contributed by atoms with E-state index in [4.69, 9.17) is 5.73 Å². The van der Waals surface area contributed by atoms with E-state index in [-0.39, 0.29) is 11.9 Å². The lowest BCUT2D eigenvalue weighted by atomic mass is 10.3. The average Bonchev–Trinajstić information content (AvgIpc) is 1.65. The number of hydrogen-bond acceptors (Lipinski definition) is 2. The zero-order valence-electron chi connectivity index (χ0n) is 4.56. The predicted molar refractivity (Wildman–Crippen MR) is 27.7 cm³/mol. The number of carbonyl (C=O) groups excluding carboxylic acids is 1. The Hall–Kier alpha value is -0.570. The molecule has 3 nitrogen and oxygen atoms in total. The number of rotatable bonds is 1. The van der Waals surface area contributed by atoms with Crippen molar-refractivity contribution in [1.82, 2.24) is 5.32 Å². The molecule has 7 heavy (non-hydrogen) atoms. The number of nitrogens with two attached hydrogens (primary N) is 1. The SMILES string of the molecule is CNC(=O)C(C)N. The Balaban J connectivity index is 3.35. The van der Waals surface area contributed by atoms with Gasteiger partial charge in [-0.2, -0.15) is 0 Å². The summed E-state index contributed by atoms with van der Waals surface area (Å²) in [4.78, 5) is 10.3. The van der Waals surface area contributed by atoms with E-state index in [0.717, 1.165) is 0 Å². The van der Waals surface area contributed by atoms with E-state index in [1.54, 1.807) is 14.0 Å². The van der Waals surface area contributed by atoms with Crippen molar-refractivity contribution >= 4 is 5.91 Å². The molecule has 0 aromatic carbocycles. The highest BCUT2D eigenvalue weighted by molar-refractivity contribution is 5.80. The first-order chi connectivity index (χ1) is 3.18. The van der Waals surface area contributed by atoms with Gasteiger partial charge in [0.05, 0.1) is 6.04 Å². The summed E-state index contributed by atoms with van der Waals surface area (Å²) >= 11 is 0. The van der Waals surface area contributed by atoms with Crippen molar-refractivity contribution in [2.75, 3.05) is 7.05 Å². The van der Waals surface area contributed by atoms with Crippen LogP contribution in [-0.4, -0.2) is 19.0 Å². The second-order valence-electron chi connectivity index (χ2n) is 1.40. The van der Waals surface area contributed by atoms with Gasteiger partial charge in [-0.05, 0) is 6.92 Å². The molecule has 0 fully saturated rings. The number of amides is 1. The van der Waals surface area contributed by atoms with Crippen molar-refractivity contribution in [2.24, 2.45) is 5.73 Å². The minimum Gasteiger partial charge on any atom is -0.358 e. The number of hydrogen-bond donors (Lipinski definition) is 2. The molecule has 3 N–H and O–H groups in total. The first kappa shape index (κ1) is 6.43. The van der Waals surface area contributed by atoms with E-state index in [1.165, 1.54) is 0 Å². The first-order valence-corrected chi connectivity index (χ1v) is 2.15. The van der Waals surface area contributed by atoms with Gasteiger partial charge in [0.25, 0.3) is 0 Å². The molecule has 0 saturated carbocycles. The molecule has 0 saturated heterocycles. The fraction of sp³-hybridized carbons (Fsp3) is 0.750. The summed E-state index contributed by atoms with van der Waals surface area (Å²) < 4.78 is 0. The van der Waals surface area contributed by atoms with Gasteiger partial charge in [-0.25, -0.2) is 0 Å². The van der Waals surface area contributed by atoms with Gasteiger partial charge < -0.3 is 11.1 Å². The standard InChI is InChI=1S/C4H10N2O/c1-3(5)4(7)6-2/h3H,5H2,1-2H3,(H,6,7). The molecule has 1 atom stereocenters. The molecule has 1 unspecified atom stereocenters. The minimum absolute atomic E-state index is 0.125. The van der Waals surface area contributed by atoms with E-state index in [0.29, 0.717) is 0 Å². The van der Waals surface area contributed by atoms with Crippen molar-refractivity contribution in [3.63, 3.8) is 0 Å². The quantitative estimate of drug-likeness (QED) is 0.450. The Labute approximate surface area is 42.9 Å². The molecule has 0 aliphatic carbocycles. The van der Waals surface area contributed by atoms with Gasteiger partial charge >= 0.3 is 0 Å². The summed E-state index contributed by atoms with van der Waals surface area (Å²) in [5.41, 5.74) is 5.13. The van der Waals surface area contributed by atoms with Gasteiger partial charge in [0, 0.05) is 7.05 Å². The third-order valence-electron chi connectivity index (χ3n) is 0.660. The summed E-state index contributed by atoms with van der Waals surface area (Å²) in [6, 6.07) is -0.384. The van der Waals surface area contributed by atoms with Crippen LogP contribution in [0.5, 0.6) is 0 Å². The zero-order chi connectivity index (χ0) is 5.86. The molecule has 0 aromatic heterocycles. The third kappa shape index (κ3) is 2.17. The highest BCUT2D eigenvalue weighted by atomic mass is 16.2. The van der Waals surface area contributed by atoms with Crippen LogP contribution in [0, 0.1) is 0 Å². The molecule has 42 valence electrons. The fourth-order valence-electron chi connectivity index (χ4n) is 0.228. The lowest BCUT2D eigenvalue weighted by Gasteiger charge is -1.99. The Morgan fingerprint density at radius 1 is 1.86 bits per heavy atom. The molecule has 0 radical (unpaired) electrons. The molecule has 0 spiro atoms. The van der Waals surface area contributed by atoms with Crippen molar-refractivity contribution in [2.45, 2.75) is 13.0 Å². The predicted octanol–water partition coefficient (Wildman–Crippen LogP) is -0.920. The maximum absolute atomic E-state index is 10.3. The second-order valence-corrected chi connectivity index (χ2v) is 1.40. The highest BCUT2D eigenvalue weighted by Crippen LogP contribution is 1.69. The molecule has 1 amide bonds. The number of carbonyl (C=O) groups is 1. The molecule has 0 bridgehead atoms. The van der Waals surface area contributed by atoms with Crippen molar-refractivity contribution in [3.8, 4) is 0 Å². The number of nitrogens with one attached hydrogen (secondary N) is 1. The molecule has 0 aromatic rings. The first-order valence-electron chi connectivity index (χ1n) is 2.15. The van der Waals surface area contributed by atoms with Crippen LogP contribution in [0.15, 0.2) is 0 Å². The highest BCUT2D eigenvalue weighted by Gasteiger charge is 2.00. The minimum atomic E-state index is -0.384. The molecule has 0 heterocycles. The molecule has 0 aliphatic heterocycles. The normalized spacial score (nSPS) is 13.0. The largest absolute Gasteiger partial charge is 0.358 e. The monoisotopic (exact) mass is 102 g/mol. The van der Waals surface area contributed by atoms with Gasteiger partial charge in [-0.15, -0.1) is 0 Å². The summed E-state index contributed by atoms with van der Waals surface area (Å²) in [5.74, 6) is -0.125. The van der Waals surface area contributed by atoms with Gasteiger partial charge in [0.2, 0.25) is 5.91 Å². The zero-order valence-corrected chi connectivity index (χ0v) is 4.56. The van der Waals surface area contributed by atoms with Crippen molar-refractivity contribution < 1.29 is 4.79 Å². The van der Waals surface area contributed by atoms with Crippen LogP contribution in [0.1, 0.15) is 6.92 Å². The third-order valence-corrected chi connectivity index (χ3v) is 0.660. The van der Waals surface area contributed by atoms with E-state index in [9.17, 15) is 4.79 Å². The Bertz CT molecular complexity index is 70.1. The van der Waals surface area contributed by atoms with E-state index < -0.39 is 0 Å². The van der Waals surface area contributed by atoms with Crippen molar-refractivity contribution in [1.29, 1.82) is 0 Å². The molecular weight excluding hydrogens is 92.1 g/mol. The summed E-state index contributed by atoms with van der Waals surface area (Å²) in [6.07, 6.45) is 0. The van der Waals surface area contributed by atoms with Gasteiger partial charge in [0.15, 0.2) is 0 Å². The summed E-state index contributed by atoms with van der Waals surface area (Å²) in [5, 5.41) is 2.40. The van der Waals surface area contributed by atoms with Crippen molar-refractivity contribution in [3.05, 3.63) is 0 Å². The maximum Gasteiger partial charge on any atom is 0.236 e. The molecule has 0 aliphatic rings. The molecular formula is C4H10N2O. The maximum atomic E-state index is 10.3. The average molecular weight is 102 g/mol. The number of likely N-dealkylation sites (N-methyl/N-ethyl adjacent to an activating group) is 1. The van der Waals surface area contributed by atoms with Crippen LogP contribution < -0.4 is 11.1 Å². The van der Waals surface area contributed by atoms with Crippen LogP contribution in [-0.2, 0) is 4.79 Å². The van der Waals surface area contributed by atoms with E-state index >= 15 is 0 Å². The van der Waals surface area contributed by atoms with Crippen LogP contribution in [0.4, 0.5) is 0 Å². The van der Waals surface area contributed by atoms with Crippen LogP contribution >= 0.6 is 0 Å². The van der Waals surface area contributed by atoms with Crippen LogP contribution in [0.25, 0.3) is 0 Å². The molecule has 3 heteroatoms. The summed E-state index contributed by atoms with van der Waals surface area (Å²) in [7, 11) is 1.56. The Kier molecular flexibility index (Phi) is 2.37. The Morgan fingerprint density at radius 3 is 2.29 bits per heavy atom. The topological polar surface area (TPSA) is 55.1 Å². The summed E-state index contributed by atoms with van der Waals surface area (Å²) in [6.45, 7) is 1.64. The van der Waals surface area contributed by atoms with Crippen LogP contribution in [0.3, 0.4) is 0 Å². The second kappa shape index (κ2) is 2.58. The van der Waals surface area contributed by atoms with Gasteiger partial charge in [0.1, 0.15) is 0 Å². The van der Waals surface area contributed by atoms with Crippen LogP contribution in [0.2, 0.25) is 0 Å². The fourth-order valence-corrected chi connectivity index (χ4v) is 0.228. The van der Waals surface area contributed by atoms with E-state index in [2.05, 4.69) is 5.32 Å². The molecule has 0 rings (SSSR count). The Morgan fingerprint density at radius 2 is 2.29 bits per heavy atom. The lowest BCUT2D eigenvalue weighted by Crippen LogP contribution is -2.35.